The Hall–Kier alpha value is -0.460. The second-order valence-electron chi connectivity index (χ2n) is 6.81. The predicted molar refractivity (Wildman–Crippen MR) is 95.8 cm³/mol. The number of guanidine groups is 1. The van der Waals surface area contributed by atoms with E-state index in [2.05, 4.69) is 49.8 Å². The smallest absolute Gasteiger partial charge is 0.194 e. The molecule has 1 fully saturated rings. The van der Waals surface area contributed by atoms with Crippen molar-refractivity contribution in [3.05, 3.63) is 0 Å². The van der Waals surface area contributed by atoms with E-state index in [9.17, 15) is 5.11 Å². The number of rotatable bonds is 7. The minimum absolute atomic E-state index is 0.243. The van der Waals surface area contributed by atoms with Gasteiger partial charge in [-0.05, 0) is 26.7 Å². The van der Waals surface area contributed by atoms with Gasteiger partial charge in [0.25, 0.3) is 0 Å². The van der Waals surface area contributed by atoms with Crippen LogP contribution in [-0.4, -0.2) is 72.0 Å². The quantitative estimate of drug-likeness (QED) is 0.550. The number of ether oxygens (including phenoxy) is 1. The third kappa shape index (κ3) is 7.70. The normalized spacial score (nSPS) is 20.3. The fraction of sp³-hybridized carbons (Fsp3) is 0.938. The van der Waals surface area contributed by atoms with E-state index in [1.807, 2.05) is 11.8 Å². The van der Waals surface area contributed by atoms with E-state index in [-0.39, 0.29) is 4.75 Å². The van der Waals surface area contributed by atoms with Crippen LogP contribution in [0.1, 0.15) is 34.6 Å². The van der Waals surface area contributed by atoms with Crippen LogP contribution in [0.3, 0.4) is 0 Å². The van der Waals surface area contributed by atoms with Gasteiger partial charge < -0.3 is 20.1 Å². The number of aliphatic imine (C=N–C) groups is 1. The minimum atomic E-state index is -0.542. The average molecular weight is 332 g/mol. The molecule has 0 aliphatic carbocycles. The van der Waals surface area contributed by atoms with Gasteiger partial charge >= 0.3 is 0 Å². The van der Waals surface area contributed by atoms with Crippen LogP contribution >= 0.6 is 11.8 Å². The Morgan fingerprint density at radius 1 is 1.41 bits per heavy atom. The summed E-state index contributed by atoms with van der Waals surface area (Å²) in [5.41, 5.74) is 0. The molecule has 0 bridgehead atoms. The zero-order valence-corrected chi connectivity index (χ0v) is 15.6. The number of aliphatic hydroxyl groups excluding tert-OH is 1. The lowest BCUT2D eigenvalue weighted by Crippen LogP contribution is -2.51. The summed E-state index contributed by atoms with van der Waals surface area (Å²) >= 11 is 2.00. The minimum Gasteiger partial charge on any atom is -0.389 e. The van der Waals surface area contributed by atoms with E-state index in [1.165, 1.54) is 0 Å². The summed E-state index contributed by atoms with van der Waals surface area (Å²) in [5, 5.41) is 13.3. The molecule has 1 rings (SSSR count). The van der Waals surface area contributed by atoms with Gasteiger partial charge in [0.1, 0.15) is 0 Å². The third-order valence-corrected chi connectivity index (χ3v) is 4.57. The molecule has 2 N–H and O–H groups in total. The number of hydrogen-bond acceptors (Lipinski definition) is 4. The summed E-state index contributed by atoms with van der Waals surface area (Å²) in [4.78, 5) is 6.89. The van der Waals surface area contributed by atoms with Crippen molar-refractivity contribution in [1.29, 1.82) is 0 Å². The molecule has 0 aromatic heterocycles. The molecule has 130 valence electrons. The molecular weight excluding hydrogens is 298 g/mol. The second-order valence-corrected chi connectivity index (χ2v) is 8.61. The van der Waals surface area contributed by atoms with Crippen molar-refractivity contribution < 1.29 is 9.84 Å². The molecule has 0 radical (unpaired) electrons. The molecule has 1 unspecified atom stereocenters. The number of nitrogens with zero attached hydrogens (tertiary/aromatic N) is 2. The number of hydrogen-bond donors (Lipinski definition) is 2. The van der Waals surface area contributed by atoms with Crippen LogP contribution in [0.2, 0.25) is 0 Å². The zero-order valence-electron chi connectivity index (χ0n) is 14.8. The molecule has 1 heterocycles. The van der Waals surface area contributed by atoms with E-state index in [0.29, 0.717) is 25.7 Å². The van der Waals surface area contributed by atoms with Crippen molar-refractivity contribution in [3.63, 3.8) is 0 Å². The van der Waals surface area contributed by atoms with Crippen molar-refractivity contribution in [2.24, 2.45) is 10.9 Å². The Morgan fingerprint density at radius 2 is 2.14 bits per heavy atom. The van der Waals surface area contributed by atoms with Crippen LogP contribution < -0.4 is 5.32 Å². The van der Waals surface area contributed by atoms with Crippen molar-refractivity contribution >= 4 is 17.7 Å². The number of thioether (sulfide) groups is 1. The Morgan fingerprint density at radius 3 is 2.73 bits per heavy atom. The molecule has 0 aromatic carbocycles. The van der Waals surface area contributed by atoms with Gasteiger partial charge in [0.2, 0.25) is 0 Å². The summed E-state index contributed by atoms with van der Waals surface area (Å²) in [6, 6.07) is 0. The van der Waals surface area contributed by atoms with Gasteiger partial charge in [0.15, 0.2) is 5.96 Å². The highest BCUT2D eigenvalue weighted by Crippen LogP contribution is 2.29. The SMILES string of the molecule is CCNC(=NCC(O)COCC(C)C)N1CCSC(C)(C)C1. The van der Waals surface area contributed by atoms with E-state index >= 15 is 0 Å². The molecule has 0 aromatic rings. The lowest BCUT2D eigenvalue weighted by molar-refractivity contribution is 0.0300. The van der Waals surface area contributed by atoms with E-state index in [1.54, 1.807) is 0 Å². The van der Waals surface area contributed by atoms with Crippen molar-refractivity contribution in [2.75, 3.05) is 45.1 Å². The van der Waals surface area contributed by atoms with Crippen LogP contribution in [-0.2, 0) is 4.74 Å². The van der Waals surface area contributed by atoms with Crippen LogP contribution in [0.4, 0.5) is 0 Å². The lowest BCUT2D eigenvalue weighted by atomic mass is 10.2. The summed E-state index contributed by atoms with van der Waals surface area (Å²) in [6.45, 7) is 15.0. The summed E-state index contributed by atoms with van der Waals surface area (Å²) in [5.74, 6) is 2.50. The zero-order chi connectivity index (χ0) is 16.6. The highest BCUT2D eigenvalue weighted by atomic mass is 32.2. The van der Waals surface area contributed by atoms with Gasteiger partial charge in [-0.3, -0.25) is 4.99 Å². The first-order chi connectivity index (χ1) is 10.3. The monoisotopic (exact) mass is 331 g/mol. The van der Waals surface area contributed by atoms with Gasteiger partial charge in [-0.15, -0.1) is 0 Å². The first-order valence-corrected chi connectivity index (χ1v) is 9.25. The molecule has 0 amide bonds. The fourth-order valence-electron chi connectivity index (χ4n) is 2.31. The van der Waals surface area contributed by atoms with Crippen LogP contribution in [0.15, 0.2) is 4.99 Å². The van der Waals surface area contributed by atoms with E-state index in [0.717, 1.165) is 31.3 Å². The maximum absolute atomic E-state index is 10.00. The van der Waals surface area contributed by atoms with Crippen molar-refractivity contribution in [2.45, 2.75) is 45.5 Å². The fourth-order valence-corrected chi connectivity index (χ4v) is 3.42. The van der Waals surface area contributed by atoms with E-state index < -0.39 is 6.10 Å². The highest BCUT2D eigenvalue weighted by molar-refractivity contribution is 8.00. The van der Waals surface area contributed by atoms with Gasteiger partial charge in [0, 0.05) is 36.7 Å². The lowest BCUT2D eigenvalue weighted by Gasteiger charge is -2.39. The number of nitrogens with one attached hydrogen (secondary N) is 1. The summed E-state index contributed by atoms with van der Waals surface area (Å²) < 4.78 is 5.71. The van der Waals surface area contributed by atoms with Gasteiger partial charge in [0.05, 0.1) is 19.3 Å². The number of aliphatic hydroxyl groups is 1. The molecule has 6 heteroatoms. The Balaban J connectivity index is 2.50. The summed E-state index contributed by atoms with van der Waals surface area (Å²) in [6.07, 6.45) is -0.542. The van der Waals surface area contributed by atoms with Crippen molar-refractivity contribution in [1.82, 2.24) is 10.2 Å². The Labute approximate surface area is 139 Å². The van der Waals surface area contributed by atoms with Gasteiger partial charge in [-0.25, -0.2) is 0 Å². The molecule has 0 saturated carbocycles. The first-order valence-electron chi connectivity index (χ1n) is 8.27. The molecule has 22 heavy (non-hydrogen) atoms. The predicted octanol–water partition coefficient (Wildman–Crippen LogP) is 1.81. The van der Waals surface area contributed by atoms with Crippen molar-refractivity contribution in [3.8, 4) is 0 Å². The molecular formula is C16H33N3O2S. The maximum atomic E-state index is 10.00. The van der Waals surface area contributed by atoms with Crippen LogP contribution in [0.5, 0.6) is 0 Å². The van der Waals surface area contributed by atoms with E-state index in [4.69, 9.17) is 4.74 Å². The highest BCUT2D eigenvalue weighted by Gasteiger charge is 2.28. The topological polar surface area (TPSA) is 57.1 Å². The maximum Gasteiger partial charge on any atom is 0.194 e. The largest absolute Gasteiger partial charge is 0.389 e. The standard InChI is InChI=1S/C16H33N3O2S/c1-6-17-15(19-7-8-22-16(4,5)12-19)18-9-14(20)11-21-10-13(2)3/h13-14,20H,6-12H2,1-5H3,(H,17,18). The third-order valence-electron chi connectivity index (χ3n) is 3.27. The molecule has 1 aliphatic rings. The van der Waals surface area contributed by atoms with Gasteiger partial charge in [-0.2, -0.15) is 11.8 Å². The van der Waals surface area contributed by atoms with Crippen LogP contribution in [0.25, 0.3) is 0 Å². The Kier molecular flexibility index (Phi) is 8.57. The molecule has 5 nitrogen and oxygen atoms in total. The average Bonchev–Trinajstić information content (AvgIpc) is 2.41. The molecule has 1 aliphatic heterocycles. The van der Waals surface area contributed by atoms with Crippen LogP contribution in [0, 0.1) is 5.92 Å². The van der Waals surface area contributed by atoms with Gasteiger partial charge in [-0.1, -0.05) is 13.8 Å². The molecule has 0 spiro atoms. The first kappa shape index (κ1) is 19.6. The molecule has 1 atom stereocenters. The second kappa shape index (κ2) is 9.63. The molecule has 1 saturated heterocycles. The summed E-state index contributed by atoms with van der Waals surface area (Å²) in [7, 11) is 0. The Bertz CT molecular complexity index is 348.